The Kier molecular flexibility index (Phi) is 5.03. The summed E-state index contributed by atoms with van der Waals surface area (Å²) >= 11 is 0. The van der Waals surface area contributed by atoms with Crippen LogP contribution in [0.2, 0.25) is 0 Å². The Labute approximate surface area is 110 Å². The van der Waals surface area contributed by atoms with Gasteiger partial charge < -0.3 is 5.32 Å². The first-order valence-electron chi connectivity index (χ1n) is 6.96. The minimum absolute atomic E-state index is 0.0484. The Morgan fingerprint density at radius 3 is 2.78 bits per heavy atom. The van der Waals surface area contributed by atoms with Crippen molar-refractivity contribution in [3.63, 3.8) is 0 Å². The van der Waals surface area contributed by atoms with Gasteiger partial charge in [0.05, 0.1) is 13.1 Å². The number of carbonyl (C=O) groups is 1. The van der Waals surface area contributed by atoms with Crippen molar-refractivity contribution in [2.75, 3.05) is 39.3 Å². The molecule has 2 aliphatic rings. The van der Waals surface area contributed by atoms with E-state index in [1.54, 1.807) is 0 Å². The molecule has 0 aromatic carbocycles. The molecule has 0 spiro atoms. The lowest BCUT2D eigenvalue weighted by atomic mass is 10.1. The van der Waals surface area contributed by atoms with Crippen molar-refractivity contribution < 1.29 is 4.79 Å². The molecule has 2 heterocycles. The van der Waals surface area contributed by atoms with Crippen molar-refractivity contribution in [3.8, 4) is 12.3 Å². The molecule has 2 aliphatic heterocycles. The minimum Gasteiger partial charge on any atom is -0.344 e. The van der Waals surface area contributed by atoms with Gasteiger partial charge in [-0.1, -0.05) is 12.3 Å². The number of likely N-dealkylation sites (tertiary alicyclic amines) is 2. The van der Waals surface area contributed by atoms with Crippen molar-refractivity contribution in [1.29, 1.82) is 0 Å². The van der Waals surface area contributed by atoms with Gasteiger partial charge in [-0.05, 0) is 32.4 Å². The van der Waals surface area contributed by atoms with E-state index in [9.17, 15) is 4.79 Å². The highest BCUT2D eigenvalue weighted by molar-refractivity contribution is 5.78. The summed E-state index contributed by atoms with van der Waals surface area (Å²) in [5, 5.41) is 2.72. The number of amides is 1. The average Bonchev–Trinajstić information content (AvgIpc) is 2.86. The molecule has 1 atom stereocenters. The summed E-state index contributed by atoms with van der Waals surface area (Å²) in [4.78, 5) is 16.4. The third kappa shape index (κ3) is 3.72. The molecule has 0 aromatic heterocycles. The number of hydrogen-bond acceptors (Lipinski definition) is 3. The molecule has 2 fully saturated rings. The summed E-state index contributed by atoms with van der Waals surface area (Å²) in [7, 11) is 0. The van der Waals surface area contributed by atoms with E-state index in [1.165, 1.54) is 38.8 Å². The monoisotopic (exact) mass is 249 g/mol. The third-order valence-corrected chi connectivity index (χ3v) is 3.91. The maximum Gasteiger partial charge on any atom is 0.234 e. The van der Waals surface area contributed by atoms with Gasteiger partial charge in [0.25, 0.3) is 0 Å². The van der Waals surface area contributed by atoms with E-state index in [4.69, 9.17) is 6.42 Å². The molecule has 1 N–H and O–H groups in total. The third-order valence-electron chi connectivity index (χ3n) is 3.91. The highest BCUT2D eigenvalue weighted by Crippen LogP contribution is 2.19. The second-order valence-electron chi connectivity index (χ2n) is 5.26. The first-order valence-corrected chi connectivity index (χ1v) is 6.96. The topological polar surface area (TPSA) is 35.6 Å². The lowest BCUT2D eigenvalue weighted by molar-refractivity contribution is -0.121. The maximum absolute atomic E-state index is 11.6. The van der Waals surface area contributed by atoms with E-state index in [0.29, 0.717) is 19.1 Å². The fourth-order valence-electron chi connectivity index (χ4n) is 2.95. The normalized spacial score (nSPS) is 25.8. The quantitative estimate of drug-likeness (QED) is 0.728. The van der Waals surface area contributed by atoms with Gasteiger partial charge in [-0.3, -0.25) is 14.6 Å². The van der Waals surface area contributed by atoms with Crippen LogP contribution >= 0.6 is 0 Å². The lowest BCUT2D eigenvalue weighted by Gasteiger charge is -2.32. The van der Waals surface area contributed by atoms with E-state index in [-0.39, 0.29) is 5.91 Å². The number of nitrogens with zero attached hydrogens (tertiary/aromatic N) is 2. The molecular formula is C14H23N3O. The number of terminal acetylenes is 1. The molecule has 2 saturated heterocycles. The van der Waals surface area contributed by atoms with Crippen LogP contribution in [-0.2, 0) is 4.79 Å². The molecule has 4 nitrogen and oxygen atoms in total. The first-order chi connectivity index (χ1) is 8.79. The largest absolute Gasteiger partial charge is 0.344 e. The van der Waals surface area contributed by atoms with Gasteiger partial charge in [-0.2, -0.15) is 0 Å². The summed E-state index contributed by atoms with van der Waals surface area (Å²) < 4.78 is 0. The number of carbonyl (C=O) groups excluding carboxylic acids is 1. The van der Waals surface area contributed by atoms with E-state index in [2.05, 4.69) is 21.0 Å². The van der Waals surface area contributed by atoms with Crippen molar-refractivity contribution in [1.82, 2.24) is 15.1 Å². The molecule has 0 bridgehead atoms. The average molecular weight is 249 g/mol. The maximum atomic E-state index is 11.6. The van der Waals surface area contributed by atoms with Crippen LogP contribution < -0.4 is 5.32 Å². The summed E-state index contributed by atoms with van der Waals surface area (Å²) in [6, 6.07) is 0.658. The van der Waals surface area contributed by atoms with E-state index in [0.717, 1.165) is 13.1 Å². The summed E-state index contributed by atoms with van der Waals surface area (Å²) in [5.41, 5.74) is 0. The molecule has 0 aliphatic carbocycles. The molecular weight excluding hydrogens is 226 g/mol. The van der Waals surface area contributed by atoms with Crippen molar-refractivity contribution in [3.05, 3.63) is 0 Å². The highest BCUT2D eigenvalue weighted by Gasteiger charge is 2.29. The van der Waals surface area contributed by atoms with Gasteiger partial charge in [-0.25, -0.2) is 0 Å². The van der Waals surface area contributed by atoms with Crippen LogP contribution in [0.3, 0.4) is 0 Å². The molecule has 2 rings (SSSR count). The Morgan fingerprint density at radius 2 is 2.06 bits per heavy atom. The zero-order chi connectivity index (χ0) is 12.8. The van der Waals surface area contributed by atoms with Gasteiger partial charge in [0.2, 0.25) is 5.91 Å². The Hall–Kier alpha value is -1.05. The molecule has 0 radical (unpaired) electrons. The molecule has 0 aromatic rings. The molecule has 1 amide bonds. The Balaban J connectivity index is 1.71. The number of nitrogens with one attached hydrogen (secondary N) is 1. The predicted octanol–water partition coefficient (Wildman–Crippen LogP) is 0.296. The van der Waals surface area contributed by atoms with Crippen LogP contribution in [-0.4, -0.2) is 61.0 Å². The van der Waals surface area contributed by atoms with Crippen LogP contribution in [0.1, 0.15) is 25.7 Å². The van der Waals surface area contributed by atoms with Gasteiger partial charge in [0, 0.05) is 19.1 Å². The van der Waals surface area contributed by atoms with Gasteiger partial charge in [0.1, 0.15) is 0 Å². The second-order valence-corrected chi connectivity index (χ2v) is 5.26. The van der Waals surface area contributed by atoms with Gasteiger partial charge in [-0.15, -0.1) is 6.42 Å². The Morgan fingerprint density at radius 1 is 1.28 bits per heavy atom. The van der Waals surface area contributed by atoms with Crippen LogP contribution in [0.4, 0.5) is 0 Å². The van der Waals surface area contributed by atoms with Gasteiger partial charge >= 0.3 is 0 Å². The molecule has 18 heavy (non-hydrogen) atoms. The minimum atomic E-state index is 0.0484. The predicted molar refractivity (Wildman–Crippen MR) is 72.1 cm³/mol. The van der Waals surface area contributed by atoms with Crippen LogP contribution in [0.15, 0.2) is 0 Å². The fourth-order valence-corrected chi connectivity index (χ4v) is 2.95. The van der Waals surface area contributed by atoms with Crippen molar-refractivity contribution in [2.24, 2.45) is 0 Å². The van der Waals surface area contributed by atoms with E-state index < -0.39 is 0 Å². The lowest BCUT2D eigenvalue weighted by Crippen LogP contribution is -2.42. The second kappa shape index (κ2) is 6.77. The standard InChI is InChI=1S/C14H23N3O/c1-2-7-15-14(18)12-16-10-6-13(11-16)17-8-4-3-5-9-17/h1,13H,3-12H2,(H,15,18). The molecule has 100 valence electrons. The summed E-state index contributed by atoms with van der Waals surface area (Å²) in [6.45, 7) is 5.37. The van der Waals surface area contributed by atoms with Crippen LogP contribution in [0.25, 0.3) is 0 Å². The van der Waals surface area contributed by atoms with Crippen molar-refractivity contribution >= 4 is 5.91 Å². The Bertz CT molecular complexity index is 317. The number of rotatable bonds is 4. The smallest absolute Gasteiger partial charge is 0.234 e. The number of hydrogen-bond donors (Lipinski definition) is 1. The summed E-state index contributed by atoms with van der Waals surface area (Å²) in [5.74, 6) is 2.47. The zero-order valence-electron chi connectivity index (χ0n) is 11.0. The van der Waals surface area contributed by atoms with Crippen molar-refractivity contribution in [2.45, 2.75) is 31.7 Å². The van der Waals surface area contributed by atoms with Gasteiger partial charge in [0.15, 0.2) is 0 Å². The molecule has 1 unspecified atom stereocenters. The SMILES string of the molecule is C#CCNC(=O)CN1CCC(N2CCCCC2)C1. The fraction of sp³-hybridized carbons (Fsp3) is 0.786. The van der Waals surface area contributed by atoms with Crippen LogP contribution in [0, 0.1) is 12.3 Å². The molecule has 4 heteroatoms. The first kappa shape index (κ1) is 13.4. The summed E-state index contributed by atoms with van der Waals surface area (Å²) in [6.07, 6.45) is 10.4. The molecule has 0 saturated carbocycles. The zero-order valence-corrected chi connectivity index (χ0v) is 11.0. The van der Waals surface area contributed by atoms with E-state index in [1.807, 2.05) is 0 Å². The number of piperidine rings is 1. The highest BCUT2D eigenvalue weighted by atomic mass is 16.2. The van der Waals surface area contributed by atoms with Crippen LogP contribution in [0.5, 0.6) is 0 Å². The van der Waals surface area contributed by atoms with E-state index >= 15 is 0 Å².